The van der Waals surface area contributed by atoms with Gasteiger partial charge >= 0.3 is 5.69 Å². The van der Waals surface area contributed by atoms with Crippen LogP contribution >= 0.6 is 0 Å². The van der Waals surface area contributed by atoms with Gasteiger partial charge in [0.1, 0.15) is 5.39 Å². The highest BCUT2D eigenvalue weighted by Crippen LogP contribution is 2.17. The summed E-state index contributed by atoms with van der Waals surface area (Å²) in [5.41, 5.74) is 3.49. The first-order valence-corrected chi connectivity index (χ1v) is 9.04. The molecule has 28 heavy (non-hydrogen) atoms. The summed E-state index contributed by atoms with van der Waals surface area (Å²) in [4.78, 5) is 34.7. The molecule has 6 nitrogen and oxygen atoms in total. The third-order valence-electron chi connectivity index (χ3n) is 4.98. The van der Waals surface area contributed by atoms with Gasteiger partial charge in [0.05, 0.1) is 6.54 Å². The number of fused-ring (bicyclic) bond motifs is 1. The van der Waals surface area contributed by atoms with Crippen LogP contribution in [0, 0.1) is 13.8 Å². The average molecular weight is 372 g/mol. The maximum atomic E-state index is 13.0. The molecule has 0 aliphatic heterocycles. The molecule has 2 aromatic heterocycles. The Morgan fingerprint density at radius 3 is 2.39 bits per heavy atom. The molecular formula is C22H20N4O2. The van der Waals surface area contributed by atoms with Gasteiger partial charge in [-0.25, -0.2) is 14.8 Å². The van der Waals surface area contributed by atoms with E-state index in [2.05, 4.69) is 9.97 Å². The topological polar surface area (TPSA) is 69.8 Å². The summed E-state index contributed by atoms with van der Waals surface area (Å²) in [5, 5.41) is 0.326. The lowest BCUT2D eigenvalue weighted by Gasteiger charge is -2.12. The number of nitrogens with zero attached hydrogens (tertiary/aromatic N) is 4. The molecular weight excluding hydrogens is 352 g/mol. The van der Waals surface area contributed by atoms with Crippen molar-refractivity contribution < 1.29 is 0 Å². The third kappa shape index (κ3) is 3.03. The normalized spacial score (nSPS) is 11.1. The van der Waals surface area contributed by atoms with E-state index < -0.39 is 5.69 Å². The number of aromatic nitrogens is 4. The van der Waals surface area contributed by atoms with Crippen molar-refractivity contribution >= 4 is 11.0 Å². The van der Waals surface area contributed by atoms with Crippen LogP contribution in [0.1, 0.15) is 16.7 Å². The van der Waals surface area contributed by atoms with Crippen LogP contribution in [-0.4, -0.2) is 19.1 Å². The molecule has 0 atom stereocenters. The van der Waals surface area contributed by atoms with Crippen LogP contribution in [0.5, 0.6) is 0 Å². The first-order valence-electron chi connectivity index (χ1n) is 9.04. The number of rotatable bonds is 3. The Morgan fingerprint density at radius 1 is 0.964 bits per heavy atom. The minimum absolute atomic E-state index is 0.216. The lowest BCUT2D eigenvalue weighted by molar-refractivity contribution is 0.654. The molecule has 0 fully saturated rings. The molecule has 4 rings (SSSR count). The zero-order valence-corrected chi connectivity index (χ0v) is 16.0. The van der Waals surface area contributed by atoms with Gasteiger partial charge in [-0.15, -0.1) is 0 Å². The molecule has 0 saturated carbocycles. The number of hydrogen-bond donors (Lipinski definition) is 0. The molecule has 0 aliphatic rings. The van der Waals surface area contributed by atoms with E-state index in [0.717, 1.165) is 22.3 Å². The van der Waals surface area contributed by atoms with E-state index in [-0.39, 0.29) is 12.1 Å². The molecule has 4 aromatic rings. The van der Waals surface area contributed by atoms with Crippen LogP contribution in [0.25, 0.3) is 22.4 Å². The highest BCUT2D eigenvalue weighted by atomic mass is 16.2. The Morgan fingerprint density at radius 2 is 1.68 bits per heavy atom. The summed E-state index contributed by atoms with van der Waals surface area (Å²) < 4.78 is 2.65. The van der Waals surface area contributed by atoms with Gasteiger partial charge in [-0.2, -0.15) is 0 Å². The monoisotopic (exact) mass is 372 g/mol. The van der Waals surface area contributed by atoms with Gasteiger partial charge in [0.2, 0.25) is 0 Å². The largest absolute Gasteiger partial charge is 0.332 e. The van der Waals surface area contributed by atoms with E-state index >= 15 is 0 Å². The van der Waals surface area contributed by atoms with Crippen LogP contribution in [0.15, 0.2) is 64.3 Å². The highest BCUT2D eigenvalue weighted by Gasteiger charge is 2.15. The van der Waals surface area contributed by atoms with E-state index in [1.54, 1.807) is 7.05 Å². The fourth-order valence-corrected chi connectivity index (χ4v) is 3.22. The summed E-state index contributed by atoms with van der Waals surface area (Å²) in [5.74, 6) is 0.485. The lowest BCUT2D eigenvalue weighted by atomic mass is 10.1. The van der Waals surface area contributed by atoms with Crippen molar-refractivity contribution in [3.8, 4) is 11.4 Å². The molecule has 0 spiro atoms. The molecule has 2 heterocycles. The Labute approximate surface area is 161 Å². The first-order chi connectivity index (χ1) is 13.5. The van der Waals surface area contributed by atoms with E-state index in [9.17, 15) is 9.59 Å². The Bertz CT molecular complexity index is 1300. The second-order valence-electron chi connectivity index (χ2n) is 6.96. The van der Waals surface area contributed by atoms with Crippen LogP contribution in [0.3, 0.4) is 0 Å². The predicted octanol–water partition coefficient (Wildman–Crippen LogP) is 2.82. The average Bonchev–Trinajstić information content (AvgIpc) is 2.71. The molecule has 0 unspecified atom stereocenters. The van der Waals surface area contributed by atoms with Crippen LogP contribution in [-0.2, 0) is 13.6 Å². The van der Waals surface area contributed by atoms with Crippen molar-refractivity contribution in [2.45, 2.75) is 20.4 Å². The van der Waals surface area contributed by atoms with Crippen molar-refractivity contribution in [2.24, 2.45) is 7.05 Å². The SMILES string of the molecule is Cc1ccc(-c2ncc3c(=O)n(Cc4ccccc4C)c(=O)n(C)c3n2)cc1. The van der Waals surface area contributed by atoms with E-state index in [1.165, 1.54) is 15.3 Å². The number of aryl methyl sites for hydroxylation is 3. The fraction of sp³-hybridized carbons (Fsp3) is 0.182. The first kappa shape index (κ1) is 17.9. The van der Waals surface area contributed by atoms with Crippen molar-refractivity contribution in [1.82, 2.24) is 19.1 Å². The third-order valence-corrected chi connectivity index (χ3v) is 4.98. The standard InChI is InChI=1S/C22H20N4O2/c1-14-8-10-16(11-9-14)19-23-12-18-20(24-19)25(3)22(28)26(21(18)27)13-17-7-5-4-6-15(17)2/h4-12H,13H2,1-3H3. The predicted molar refractivity (Wildman–Crippen MR) is 109 cm³/mol. The molecule has 0 saturated heterocycles. The summed E-state index contributed by atoms with van der Waals surface area (Å²) in [6.07, 6.45) is 1.51. The zero-order valence-electron chi connectivity index (χ0n) is 16.0. The van der Waals surface area contributed by atoms with Gasteiger partial charge in [-0.05, 0) is 25.0 Å². The minimum Gasteiger partial charge on any atom is -0.280 e. The molecule has 0 N–H and O–H groups in total. The maximum Gasteiger partial charge on any atom is 0.332 e. The molecule has 0 aliphatic carbocycles. The van der Waals surface area contributed by atoms with E-state index in [1.807, 2.05) is 62.4 Å². The summed E-state index contributed by atoms with van der Waals surface area (Å²) in [6.45, 7) is 4.18. The smallest absolute Gasteiger partial charge is 0.280 e. The Kier molecular flexibility index (Phi) is 4.39. The van der Waals surface area contributed by atoms with Gasteiger partial charge in [-0.1, -0.05) is 54.1 Å². The van der Waals surface area contributed by atoms with Gasteiger partial charge in [0, 0.05) is 18.8 Å². The number of benzene rings is 2. The van der Waals surface area contributed by atoms with Crippen molar-refractivity contribution in [1.29, 1.82) is 0 Å². The van der Waals surface area contributed by atoms with Crippen molar-refractivity contribution in [3.05, 3.63) is 92.3 Å². The maximum absolute atomic E-state index is 13.0. The van der Waals surface area contributed by atoms with Crippen molar-refractivity contribution in [2.75, 3.05) is 0 Å². The summed E-state index contributed by atoms with van der Waals surface area (Å²) in [7, 11) is 1.63. The highest BCUT2D eigenvalue weighted by molar-refractivity contribution is 5.75. The van der Waals surface area contributed by atoms with E-state index in [0.29, 0.717) is 16.9 Å². The molecule has 140 valence electrons. The lowest BCUT2D eigenvalue weighted by Crippen LogP contribution is -2.39. The molecule has 0 radical (unpaired) electrons. The van der Waals surface area contributed by atoms with Crippen LogP contribution in [0.2, 0.25) is 0 Å². The van der Waals surface area contributed by atoms with Crippen LogP contribution < -0.4 is 11.2 Å². The fourth-order valence-electron chi connectivity index (χ4n) is 3.22. The molecule has 0 amide bonds. The van der Waals surface area contributed by atoms with Crippen molar-refractivity contribution in [3.63, 3.8) is 0 Å². The Balaban J connectivity index is 1.88. The van der Waals surface area contributed by atoms with E-state index in [4.69, 9.17) is 0 Å². The summed E-state index contributed by atoms with van der Waals surface area (Å²) >= 11 is 0. The van der Waals surface area contributed by atoms with Gasteiger partial charge < -0.3 is 0 Å². The quantitative estimate of drug-likeness (QED) is 0.554. The van der Waals surface area contributed by atoms with Gasteiger partial charge in [0.25, 0.3) is 5.56 Å². The summed E-state index contributed by atoms with van der Waals surface area (Å²) in [6, 6.07) is 15.5. The second kappa shape index (κ2) is 6.88. The molecule has 0 bridgehead atoms. The molecule has 2 aromatic carbocycles. The van der Waals surface area contributed by atoms with Gasteiger partial charge in [0.15, 0.2) is 11.5 Å². The number of hydrogen-bond acceptors (Lipinski definition) is 4. The zero-order chi connectivity index (χ0) is 19.8. The van der Waals surface area contributed by atoms with Gasteiger partial charge in [-0.3, -0.25) is 13.9 Å². The Hall–Kier alpha value is -3.54. The second-order valence-corrected chi connectivity index (χ2v) is 6.96. The van der Waals surface area contributed by atoms with Crippen LogP contribution in [0.4, 0.5) is 0 Å². The molecule has 6 heteroatoms. The minimum atomic E-state index is -0.394.